The number of alkyl halides is 1. The van der Waals surface area contributed by atoms with Crippen LogP contribution in [0.15, 0.2) is 35.8 Å². The summed E-state index contributed by atoms with van der Waals surface area (Å²) >= 11 is 1.39. The van der Waals surface area contributed by atoms with Gasteiger partial charge in [-0.25, -0.2) is 14.8 Å². The van der Waals surface area contributed by atoms with Crippen LogP contribution in [0.5, 0.6) is 0 Å². The van der Waals surface area contributed by atoms with Crippen LogP contribution in [0.4, 0.5) is 10.1 Å². The number of nitrogens with zero attached hydrogens (tertiary/aromatic N) is 6. The smallest absolute Gasteiger partial charge is 0.324 e. The van der Waals surface area contributed by atoms with Crippen LogP contribution < -0.4 is 15.6 Å². The van der Waals surface area contributed by atoms with E-state index in [4.69, 9.17) is 33.7 Å². The highest BCUT2D eigenvalue weighted by Gasteiger charge is 2.50. The minimum absolute atomic E-state index is 0.0178. The van der Waals surface area contributed by atoms with Crippen LogP contribution in [-0.2, 0) is 51.0 Å². The molecule has 390 valence electrons. The van der Waals surface area contributed by atoms with E-state index < -0.39 is 47.8 Å². The average molecular weight is 1010 g/mol. The van der Waals surface area contributed by atoms with Gasteiger partial charge in [0, 0.05) is 104 Å². The number of ether oxygens (including phenoxy) is 5. The lowest BCUT2D eigenvalue weighted by molar-refractivity contribution is -0.156. The summed E-state index contributed by atoms with van der Waals surface area (Å²) in [5.74, 6) is -0.899. The van der Waals surface area contributed by atoms with Gasteiger partial charge in [0.05, 0.1) is 61.0 Å². The molecule has 3 aromatic heterocycles. The number of thiazole rings is 1. The van der Waals surface area contributed by atoms with E-state index in [1.807, 2.05) is 39.3 Å². The number of esters is 1. The highest BCUT2D eigenvalue weighted by atomic mass is 32.1. The highest BCUT2D eigenvalue weighted by molar-refractivity contribution is 7.10. The standard InChI is InChI=1S/C54H73FN8O8S/c1-8-69-49-47(58-50(64)45-31(2)32(45)3)52(65)63-16-9-10-41(59-63)53(66)71-30-54(5,6)26-39-37-24-34(42-29-72-51(49)57-42)11-14-43(37)62(21-23-70-44-15-22-68-28-40(44)55)48(39)38-25-36(27-56-46(38)33(4)67-7)61-19-17-60(18-20-61)35-12-13-35/h11,14,24-25,27,29,31-33,35,40-41,44-45,47,49,59H,8-10,12-13,15-23,26,28,30H2,1-7H3,(H,58,64)/t31-,32+,33-,40-,41-,44?,45?,47-,49-/m0/s1. The zero-order chi connectivity index (χ0) is 50.4. The van der Waals surface area contributed by atoms with Crippen molar-refractivity contribution in [1.29, 1.82) is 0 Å². The quantitative estimate of drug-likeness (QED) is 0.131. The fraction of sp³-hybridized carbons (Fsp3) is 0.648. The summed E-state index contributed by atoms with van der Waals surface area (Å²) in [6.07, 6.45) is 3.48. The van der Waals surface area contributed by atoms with Crippen molar-refractivity contribution in [2.45, 2.75) is 129 Å². The Morgan fingerprint density at radius 2 is 1.85 bits per heavy atom. The topological polar surface area (TPSA) is 162 Å². The largest absolute Gasteiger partial charge is 0.464 e. The molecule has 10 rings (SSSR count). The molecule has 4 aromatic rings. The van der Waals surface area contributed by atoms with Crippen LogP contribution in [0, 0.1) is 23.2 Å². The molecule has 1 aromatic carbocycles. The number of fused-ring (bicyclic) bond motifs is 6. The minimum Gasteiger partial charge on any atom is -0.464 e. The van der Waals surface area contributed by atoms with Crippen LogP contribution in [0.3, 0.4) is 0 Å². The maximum atomic E-state index is 15.2. The number of methoxy groups -OCH3 is 1. The van der Waals surface area contributed by atoms with Crippen molar-refractivity contribution in [3.8, 4) is 22.5 Å². The van der Waals surface area contributed by atoms with E-state index in [1.165, 1.54) is 29.2 Å². The van der Waals surface area contributed by atoms with Crippen molar-refractivity contribution >= 4 is 45.7 Å². The molecule has 0 radical (unpaired) electrons. The number of hydrogen-bond acceptors (Lipinski definition) is 14. The minimum atomic E-state index is -1.21. The monoisotopic (exact) mass is 1010 g/mol. The SMILES string of the molecule is CCO[C@@H]1c2nc(cs2)-c2ccc3c(c2)c(c(-c2cc(N4CCN(C5CC5)CC4)cnc2[C@H](C)OC)n3CCOC2CCOC[C@@H]2F)CC(C)(C)COC(=O)[C@@H]2CCCN(N2)C(=O)[C@H]1NC(=O)C1[C@@H](C)[C@H]1C. The van der Waals surface area contributed by atoms with Gasteiger partial charge in [-0.05, 0) is 88.0 Å². The zero-order valence-corrected chi connectivity index (χ0v) is 43.8. The maximum Gasteiger partial charge on any atom is 0.324 e. The molecule has 0 spiro atoms. The third kappa shape index (κ3) is 10.6. The van der Waals surface area contributed by atoms with Gasteiger partial charge in [-0.15, -0.1) is 11.3 Å². The van der Waals surface area contributed by atoms with E-state index in [0.29, 0.717) is 62.1 Å². The van der Waals surface area contributed by atoms with E-state index >= 15 is 4.39 Å². The van der Waals surface area contributed by atoms with Crippen molar-refractivity contribution in [2.24, 2.45) is 23.2 Å². The van der Waals surface area contributed by atoms with Gasteiger partial charge in [0.2, 0.25) is 5.91 Å². The Balaban J connectivity index is 1.12. The third-order valence-electron chi connectivity index (χ3n) is 16.1. The lowest BCUT2D eigenvalue weighted by Crippen LogP contribution is -2.61. The Bertz CT molecular complexity index is 2610. The molecular weight excluding hydrogens is 940 g/mol. The van der Waals surface area contributed by atoms with Gasteiger partial charge in [0.1, 0.15) is 29.4 Å². The molecule has 18 heteroatoms. The number of cyclic esters (lactones) is 1. The number of halogens is 1. The van der Waals surface area contributed by atoms with Crippen LogP contribution in [0.1, 0.15) is 102 Å². The van der Waals surface area contributed by atoms with Crippen molar-refractivity contribution in [1.82, 2.24) is 35.2 Å². The van der Waals surface area contributed by atoms with E-state index in [-0.39, 0.29) is 56.2 Å². The molecule has 72 heavy (non-hydrogen) atoms. The summed E-state index contributed by atoms with van der Waals surface area (Å²) in [5, 5.41) is 8.07. The lowest BCUT2D eigenvalue weighted by Gasteiger charge is -2.37. The summed E-state index contributed by atoms with van der Waals surface area (Å²) < 4.78 is 48.0. The number of piperazine rings is 1. The second-order valence-electron chi connectivity index (χ2n) is 21.7. The van der Waals surface area contributed by atoms with Gasteiger partial charge in [-0.3, -0.25) is 29.3 Å². The Morgan fingerprint density at radius 3 is 2.57 bits per heavy atom. The van der Waals surface area contributed by atoms with E-state index in [9.17, 15) is 14.4 Å². The molecule has 6 aliphatic rings. The predicted molar refractivity (Wildman–Crippen MR) is 273 cm³/mol. The number of carbonyl (C=O) groups is 3. The molecule has 6 bridgehead atoms. The predicted octanol–water partition coefficient (Wildman–Crippen LogP) is 7.05. The van der Waals surface area contributed by atoms with Crippen LogP contribution in [0.2, 0.25) is 0 Å². The summed E-state index contributed by atoms with van der Waals surface area (Å²) in [6, 6.07) is 7.43. The van der Waals surface area contributed by atoms with Crippen molar-refractivity contribution in [3.05, 3.63) is 52.1 Å². The average Bonchev–Trinajstić information content (AvgIpc) is 4.25. The Labute approximate surface area is 426 Å². The Kier molecular flexibility index (Phi) is 15.1. The number of carbonyl (C=O) groups excluding carboxylic acids is 3. The summed E-state index contributed by atoms with van der Waals surface area (Å²) in [7, 11) is 1.70. The first-order valence-electron chi connectivity index (χ1n) is 26.4. The fourth-order valence-corrected chi connectivity index (χ4v) is 12.3. The van der Waals surface area contributed by atoms with Crippen LogP contribution >= 0.6 is 11.3 Å². The molecule has 2 N–H and O–H groups in total. The summed E-state index contributed by atoms with van der Waals surface area (Å²) in [6.45, 7) is 17.8. The fourth-order valence-electron chi connectivity index (χ4n) is 11.4. The molecule has 4 aliphatic heterocycles. The normalized spacial score (nSPS) is 28.7. The van der Waals surface area contributed by atoms with Crippen molar-refractivity contribution in [2.75, 3.05) is 77.8 Å². The molecule has 9 atom stereocenters. The number of pyridine rings is 1. The van der Waals surface area contributed by atoms with E-state index in [1.54, 1.807) is 7.11 Å². The van der Waals surface area contributed by atoms with Gasteiger partial charge in [0.15, 0.2) is 0 Å². The molecule has 2 unspecified atom stereocenters. The number of anilines is 1. The molecule has 16 nitrogen and oxygen atoms in total. The van der Waals surface area contributed by atoms with E-state index in [0.717, 1.165) is 70.8 Å². The second kappa shape index (κ2) is 21.4. The number of benzene rings is 1. The number of hydrazine groups is 1. The highest BCUT2D eigenvalue weighted by Crippen LogP contribution is 2.46. The van der Waals surface area contributed by atoms with Crippen molar-refractivity contribution in [3.63, 3.8) is 0 Å². The molecule has 2 amide bonds. The van der Waals surface area contributed by atoms with Crippen LogP contribution in [0.25, 0.3) is 33.4 Å². The molecular formula is C54H73FN8O8S. The third-order valence-corrected chi connectivity index (χ3v) is 17.0. The van der Waals surface area contributed by atoms with Gasteiger partial charge >= 0.3 is 5.97 Å². The van der Waals surface area contributed by atoms with Gasteiger partial charge in [-0.2, -0.15) is 0 Å². The van der Waals surface area contributed by atoms with Gasteiger partial charge in [-0.1, -0.05) is 33.8 Å². The molecule has 2 aliphatic carbocycles. The van der Waals surface area contributed by atoms with E-state index in [2.05, 4.69) is 63.2 Å². The summed E-state index contributed by atoms with van der Waals surface area (Å²) in [5.41, 5.74) is 9.83. The Hall–Kier alpha value is -4.56. The lowest BCUT2D eigenvalue weighted by atomic mass is 9.84. The molecule has 5 fully saturated rings. The number of hydrogen-bond donors (Lipinski definition) is 2. The number of amides is 2. The first-order valence-corrected chi connectivity index (χ1v) is 27.2. The van der Waals surface area contributed by atoms with Crippen LogP contribution in [-0.4, -0.2) is 145 Å². The first-order chi connectivity index (χ1) is 34.7. The Morgan fingerprint density at radius 1 is 1.06 bits per heavy atom. The molecule has 2 saturated carbocycles. The summed E-state index contributed by atoms with van der Waals surface area (Å²) in [4.78, 5) is 58.3. The van der Waals surface area contributed by atoms with Gasteiger partial charge < -0.3 is 38.5 Å². The number of rotatable bonds is 13. The number of aromatic nitrogens is 3. The van der Waals surface area contributed by atoms with Crippen molar-refractivity contribution < 1.29 is 42.5 Å². The second-order valence-corrected chi connectivity index (χ2v) is 22.6. The maximum absolute atomic E-state index is 15.2. The zero-order valence-electron chi connectivity index (χ0n) is 43.0. The molecule has 7 heterocycles. The van der Waals surface area contributed by atoms with Gasteiger partial charge in [0.25, 0.3) is 5.91 Å². The molecule has 3 saturated heterocycles. The first kappa shape index (κ1) is 50.9. The number of nitrogens with one attached hydrogen (secondary N) is 2.